The largest absolute Gasteiger partial charge is 0.337 e. The van der Waals surface area contributed by atoms with Gasteiger partial charge >= 0.3 is 0 Å². The Balaban J connectivity index is 1.76. The van der Waals surface area contributed by atoms with Crippen molar-refractivity contribution in [2.24, 2.45) is 0 Å². The number of rotatable bonds is 13. The standard InChI is InChI=1S/C23H30ClN5O3S/c1-3-29(4-2)16-9-17-33(30,31)28-20(14-13-18-10-6-5-7-11-18)23-26-22(27-32-23)19-12-8-15-25-21(19)24/h5-8,10-12,15,20,28H,3-4,9,13-14,16-17H2,1-2H3/t20-/m1/s1. The van der Waals surface area contributed by atoms with Crippen molar-refractivity contribution >= 4 is 21.6 Å². The molecule has 0 saturated heterocycles. The fourth-order valence-corrected chi connectivity index (χ4v) is 5.00. The summed E-state index contributed by atoms with van der Waals surface area (Å²) in [7, 11) is -3.55. The lowest BCUT2D eigenvalue weighted by atomic mass is 10.1. The van der Waals surface area contributed by atoms with E-state index in [9.17, 15) is 8.42 Å². The van der Waals surface area contributed by atoms with E-state index in [0.29, 0.717) is 24.8 Å². The first-order chi connectivity index (χ1) is 15.9. The van der Waals surface area contributed by atoms with Gasteiger partial charge in [0.25, 0.3) is 0 Å². The van der Waals surface area contributed by atoms with Crippen LogP contribution in [-0.2, 0) is 16.4 Å². The summed E-state index contributed by atoms with van der Waals surface area (Å²) in [4.78, 5) is 10.7. The van der Waals surface area contributed by atoms with Crippen LogP contribution in [0.4, 0.5) is 0 Å². The quantitative estimate of drug-likeness (QED) is 0.359. The highest BCUT2D eigenvalue weighted by atomic mass is 35.5. The molecule has 1 atom stereocenters. The van der Waals surface area contributed by atoms with Crippen molar-refractivity contribution in [3.8, 4) is 11.4 Å². The highest BCUT2D eigenvalue weighted by Crippen LogP contribution is 2.26. The normalized spacial score (nSPS) is 12.8. The molecule has 8 nitrogen and oxygen atoms in total. The van der Waals surface area contributed by atoms with Crippen LogP contribution in [0.1, 0.15) is 44.2 Å². The molecule has 0 fully saturated rings. The molecule has 0 spiro atoms. The van der Waals surface area contributed by atoms with Gasteiger partial charge in [-0.05, 0) is 56.6 Å². The van der Waals surface area contributed by atoms with Crippen LogP contribution in [0.5, 0.6) is 0 Å². The maximum Gasteiger partial charge on any atom is 0.245 e. The minimum atomic E-state index is -3.55. The Labute approximate surface area is 200 Å². The Hall–Kier alpha value is -2.33. The molecule has 0 unspecified atom stereocenters. The van der Waals surface area contributed by atoms with Crippen LogP contribution in [0.2, 0.25) is 5.15 Å². The molecular weight excluding hydrogens is 462 g/mol. The van der Waals surface area contributed by atoms with Crippen molar-refractivity contribution in [1.82, 2.24) is 24.7 Å². The first-order valence-corrected chi connectivity index (χ1v) is 13.2. The summed E-state index contributed by atoms with van der Waals surface area (Å²) in [6, 6.07) is 12.7. The average Bonchev–Trinajstić information content (AvgIpc) is 3.30. The molecule has 2 aromatic heterocycles. The summed E-state index contributed by atoms with van der Waals surface area (Å²) in [5, 5.41) is 4.26. The predicted molar refractivity (Wildman–Crippen MR) is 129 cm³/mol. The summed E-state index contributed by atoms with van der Waals surface area (Å²) in [6.07, 6.45) is 3.24. The number of nitrogens with zero attached hydrogens (tertiary/aromatic N) is 4. The predicted octanol–water partition coefficient (Wildman–Crippen LogP) is 4.11. The monoisotopic (exact) mass is 491 g/mol. The lowest BCUT2D eigenvalue weighted by molar-refractivity contribution is 0.304. The van der Waals surface area contributed by atoms with Gasteiger partial charge in [0.15, 0.2) is 0 Å². The first kappa shape index (κ1) is 25.3. The molecule has 2 heterocycles. The van der Waals surface area contributed by atoms with E-state index in [-0.39, 0.29) is 22.6 Å². The number of aryl methyl sites for hydroxylation is 1. The molecule has 33 heavy (non-hydrogen) atoms. The zero-order chi connectivity index (χ0) is 23.7. The molecule has 0 saturated carbocycles. The summed E-state index contributed by atoms with van der Waals surface area (Å²) in [5.74, 6) is 0.502. The van der Waals surface area contributed by atoms with E-state index in [2.05, 4.69) is 38.6 Å². The van der Waals surface area contributed by atoms with Crippen molar-refractivity contribution in [3.63, 3.8) is 0 Å². The molecule has 10 heteroatoms. The Morgan fingerprint density at radius 3 is 2.58 bits per heavy atom. The molecule has 178 valence electrons. The Morgan fingerprint density at radius 2 is 1.88 bits per heavy atom. The summed E-state index contributed by atoms with van der Waals surface area (Å²) in [6.45, 7) is 6.65. The molecular formula is C23H30ClN5O3S. The Bertz CT molecular complexity index is 1100. The fourth-order valence-electron chi connectivity index (χ4n) is 3.52. The van der Waals surface area contributed by atoms with Crippen LogP contribution in [-0.4, -0.2) is 53.8 Å². The van der Waals surface area contributed by atoms with Gasteiger partial charge in [-0.3, -0.25) is 0 Å². The number of halogens is 1. The van der Waals surface area contributed by atoms with Crippen molar-refractivity contribution in [3.05, 3.63) is 65.3 Å². The fraction of sp³-hybridized carbons (Fsp3) is 0.435. The van der Waals surface area contributed by atoms with E-state index in [1.807, 2.05) is 30.3 Å². The summed E-state index contributed by atoms with van der Waals surface area (Å²) < 4.78 is 34.0. The van der Waals surface area contributed by atoms with Crippen molar-refractivity contribution in [2.45, 2.75) is 39.2 Å². The van der Waals surface area contributed by atoms with Gasteiger partial charge in [-0.2, -0.15) is 4.98 Å². The second-order valence-electron chi connectivity index (χ2n) is 7.69. The Morgan fingerprint density at radius 1 is 1.12 bits per heavy atom. The van der Waals surface area contributed by atoms with Crippen molar-refractivity contribution in [1.29, 1.82) is 0 Å². The molecule has 1 aromatic carbocycles. The maximum absolute atomic E-state index is 12.9. The molecule has 0 radical (unpaired) electrons. The lowest BCUT2D eigenvalue weighted by Gasteiger charge is -2.19. The molecule has 0 amide bonds. The number of hydrogen-bond donors (Lipinski definition) is 1. The van der Waals surface area contributed by atoms with E-state index in [4.69, 9.17) is 16.1 Å². The third-order valence-electron chi connectivity index (χ3n) is 5.41. The molecule has 0 aliphatic carbocycles. The molecule has 3 aromatic rings. The van der Waals surface area contributed by atoms with Crippen LogP contribution in [0.25, 0.3) is 11.4 Å². The van der Waals surface area contributed by atoms with E-state index in [0.717, 1.165) is 25.2 Å². The molecule has 0 bridgehead atoms. The van der Waals surface area contributed by atoms with E-state index < -0.39 is 16.1 Å². The van der Waals surface area contributed by atoms with Crippen LogP contribution in [0.15, 0.2) is 53.2 Å². The number of pyridine rings is 1. The minimum absolute atomic E-state index is 0.0285. The van der Waals surface area contributed by atoms with Gasteiger partial charge in [0.05, 0.1) is 11.3 Å². The van der Waals surface area contributed by atoms with Gasteiger partial charge in [-0.1, -0.05) is 60.9 Å². The molecule has 0 aliphatic heterocycles. The van der Waals surface area contributed by atoms with Gasteiger partial charge in [0, 0.05) is 6.20 Å². The smallest absolute Gasteiger partial charge is 0.245 e. The van der Waals surface area contributed by atoms with Crippen LogP contribution >= 0.6 is 11.6 Å². The number of aromatic nitrogens is 3. The highest BCUT2D eigenvalue weighted by molar-refractivity contribution is 7.89. The summed E-state index contributed by atoms with van der Waals surface area (Å²) in [5.41, 5.74) is 1.62. The number of sulfonamides is 1. The van der Waals surface area contributed by atoms with Crippen LogP contribution < -0.4 is 4.72 Å². The van der Waals surface area contributed by atoms with Crippen molar-refractivity contribution < 1.29 is 12.9 Å². The zero-order valence-corrected chi connectivity index (χ0v) is 20.5. The van der Waals surface area contributed by atoms with Crippen molar-refractivity contribution in [2.75, 3.05) is 25.4 Å². The zero-order valence-electron chi connectivity index (χ0n) is 18.9. The number of nitrogens with one attached hydrogen (secondary N) is 1. The SMILES string of the molecule is CCN(CC)CCCS(=O)(=O)N[C@H](CCc1ccccc1)c1nc(-c2cccnc2Cl)no1. The summed E-state index contributed by atoms with van der Waals surface area (Å²) >= 11 is 6.15. The van der Waals surface area contributed by atoms with Gasteiger partial charge < -0.3 is 9.42 Å². The van der Waals surface area contributed by atoms with Crippen LogP contribution in [0, 0.1) is 0 Å². The molecule has 0 aliphatic rings. The number of benzene rings is 1. The average molecular weight is 492 g/mol. The lowest BCUT2D eigenvalue weighted by Crippen LogP contribution is -2.33. The first-order valence-electron chi connectivity index (χ1n) is 11.1. The highest BCUT2D eigenvalue weighted by Gasteiger charge is 2.25. The van der Waals surface area contributed by atoms with Gasteiger partial charge in [-0.25, -0.2) is 18.1 Å². The Kier molecular flexibility index (Phi) is 9.37. The van der Waals surface area contributed by atoms with Gasteiger partial charge in [0.2, 0.25) is 21.7 Å². The van der Waals surface area contributed by atoms with E-state index >= 15 is 0 Å². The second-order valence-corrected chi connectivity index (χ2v) is 9.92. The minimum Gasteiger partial charge on any atom is -0.337 e. The second kappa shape index (κ2) is 12.2. The van der Waals surface area contributed by atoms with Crippen LogP contribution in [0.3, 0.4) is 0 Å². The van der Waals surface area contributed by atoms with Gasteiger partial charge in [-0.15, -0.1) is 0 Å². The van der Waals surface area contributed by atoms with E-state index in [1.54, 1.807) is 18.3 Å². The maximum atomic E-state index is 12.9. The third kappa shape index (κ3) is 7.60. The van der Waals surface area contributed by atoms with Gasteiger partial charge in [0.1, 0.15) is 11.2 Å². The van der Waals surface area contributed by atoms with E-state index in [1.165, 1.54) is 0 Å². The molecule has 3 rings (SSSR count). The topological polar surface area (TPSA) is 101 Å². The molecule has 1 N–H and O–H groups in total. The third-order valence-corrected chi connectivity index (χ3v) is 7.18. The number of hydrogen-bond acceptors (Lipinski definition) is 7.